The van der Waals surface area contributed by atoms with Crippen molar-refractivity contribution in [3.05, 3.63) is 41.2 Å². The number of carboxylic acid groups (broad SMARTS) is 1. The predicted molar refractivity (Wildman–Crippen MR) is 63.6 cm³/mol. The fourth-order valence-electron chi connectivity index (χ4n) is 1.30. The van der Waals surface area contributed by atoms with Crippen LogP contribution in [0.5, 0.6) is 0 Å². The first-order chi connectivity index (χ1) is 8.54. The molecule has 0 aliphatic heterocycles. The van der Waals surface area contributed by atoms with Gasteiger partial charge in [-0.3, -0.25) is 4.79 Å². The molecule has 1 aromatic carbocycles. The van der Waals surface area contributed by atoms with Crippen LogP contribution in [0.25, 0.3) is 6.08 Å². The average molecular weight is 252 g/mol. The lowest BCUT2D eigenvalue weighted by molar-refractivity contribution is -0.142. The summed E-state index contributed by atoms with van der Waals surface area (Å²) >= 11 is 0. The molecule has 0 amide bonds. The van der Waals surface area contributed by atoms with E-state index in [0.717, 1.165) is 6.07 Å². The van der Waals surface area contributed by atoms with E-state index in [-0.39, 0.29) is 17.5 Å². The van der Waals surface area contributed by atoms with Crippen LogP contribution in [-0.2, 0) is 9.53 Å². The van der Waals surface area contributed by atoms with Gasteiger partial charge in [0.2, 0.25) is 0 Å². The number of ether oxygens (including phenoxy) is 1. The van der Waals surface area contributed by atoms with Crippen molar-refractivity contribution in [3.63, 3.8) is 0 Å². The lowest BCUT2D eigenvalue weighted by atomic mass is 10.1. The summed E-state index contributed by atoms with van der Waals surface area (Å²) in [5, 5.41) is 8.66. The highest BCUT2D eigenvalue weighted by molar-refractivity contribution is 5.87. The maximum absolute atomic E-state index is 13.5. The van der Waals surface area contributed by atoms with Crippen molar-refractivity contribution in [2.45, 2.75) is 13.3 Å². The van der Waals surface area contributed by atoms with Crippen LogP contribution in [0.3, 0.4) is 0 Å². The first-order valence-corrected chi connectivity index (χ1v) is 5.39. The van der Waals surface area contributed by atoms with Gasteiger partial charge in [0.25, 0.3) is 0 Å². The highest BCUT2D eigenvalue weighted by Gasteiger charge is 2.06. The van der Waals surface area contributed by atoms with E-state index >= 15 is 0 Å². The Morgan fingerprint density at radius 1 is 1.44 bits per heavy atom. The molecule has 0 spiro atoms. The van der Waals surface area contributed by atoms with Crippen LogP contribution in [0, 0.1) is 5.82 Å². The van der Waals surface area contributed by atoms with E-state index in [1.165, 1.54) is 24.3 Å². The van der Waals surface area contributed by atoms with E-state index in [0.29, 0.717) is 6.61 Å². The molecule has 0 bridgehead atoms. The number of aromatic carboxylic acids is 1. The third kappa shape index (κ3) is 4.01. The molecule has 18 heavy (non-hydrogen) atoms. The second-order valence-corrected chi connectivity index (χ2v) is 3.45. The molecule has 0 aliphatic rings. The molecule has 0 radical (unpaired) electrons. The van der Waals surface area contributed by atoms with Gasteiger partial charge in [0.05, 0.1) is 18.6 Å². The van der Waals surface area contributed by atoms with Crippen molar-refractivity contribution in [1.29, 1.82) is 0 Å². The van der Waals surface area contributed by atoms with E-state index < -0.39 is 17.8 Å². The quantitative estimate of drug-likeness (QED) is 0.818. The van der Waals surface area contributed by atoms with E-state index in [1.807, 2.05) is 0 Å². The minimum absolute atomic E-state index is 0.0496. The number of hydrogen-bond acceptors (Lipinski definition) is 3. The second kappa shape index (κ2) is 6.54. The molecule has 0 unspecified atom stereocenters. The fourth-order valence-corrected chi connectivity index (χ4v) is 1.30. The molecule has 1 N–H and O–H groups in total. The Morgan fingerprint density at radius 3 is 2.72 bits per heavy atom. The summed E-state index contributed by atoms with van der Waals surface area (Å²) < 4.78 is 18.2. The summed E-state index contributed by atoms with van der Waals surface area (Å²) in [4.78, 5) is 21.6. The minimum atomic E-state index is -1.18. The van der Waals surface area contributed by atoms with Crippen LogP contribution < -0.4 is 0 Å². The van der Waals surface area contributed by atoms with E-state index in [9.17, 15) is 14.0 Å². The monoisotopic (exact) mass is 252 g/mol. The summed E-state index contributed by atoms with van der Waals surface area (Å²) in [5.41, 5.74) is 0.111. The van der Waals surface area contributed by atoms with Crippen LogP contribution in [0.15, 0.2) is 24.3 Å². The Balaban J connectivity index is 2.71. The van der Waals surface area contributed by atoms with Gasteiger partial charge in [-0.1, -0.05) is 18.2 Å². The van der Waals surface area contributed by atoms with Gasteiger partial charge >= 0.3 is 11.9 Å². The Labute approximate surface area is 104 Å². The van der Waals surface area contributed by atoms with Crippen LogP contribution in [0.4, 0.5) is 4.39 Å². The van der Waals surface area contributed by atoms with Gasteiger partial charge in [0.1, 0.15) is 5.82 Å². The fraction of sp³-hybridized carbons (Fsp3) is 0.231. The number of benzene rings is 1. The molecule has 0 aliphatic carbocycles. The number of carbonyl (C=O) groups is 2. The second-order valence-electron chi connectivity index (χ2n) is 3.45. The largest absolute Gasteiger partial charge is 0.478 e. The summed E-state index contributed by atoms with van der Waals surface area (Å²) in [6.07, 6.45) is 2.93. The number of hydrogen-bond donors (Lipinski definition) is 1. The molecule has 0 heterocycles. The molecule has 0 saturated heterocycles. The zero-order chi connectivity index (χ0) is 13.5. The third-order valence-electron chi connectivity index (χ3n) is 2.13. The summed E-state index contributed by atoms with van der Waals surface area (Å²) in [7, 11) is 0. The van der Waals surface area contributed by atoms with Crippen LogP contribution in [0.2, 0.25) is 0 Å². The molecule has 0 fully saturated rings. The maximum Gasteiger partial charge on any atom is 0.335 e. The number of halogens is 1. The lowest BCUT2D eigenvalue weighted by Gasteiger charge is -1.99. The SMILES string of the molecule is CCOC(=O)CC=Cc1ccc(C(=O)O)cc1F. The van der Waals surface area contributed by atoms with Gasteiger partial charge in [-0.2, -0.15) is 0 Å². The molecular weight excluding hydrogens is 239 g/mol. The molecule has 0 atom stereocenters. The summed E-state index contributed by atoms with van der Waals surface area (Å²) in [6, 6.07) is 3.59. The molecule has 96 valence electrons. The molecule has 4 nitrogen and oxygen atoms in total. The number of rotatable bonds is 5. The molecule has 1 aromatic rings. The summed E-state index contributed by atoms with van der Waals surface area (Å²) in [6.45, 7) is 2.00. The lowest BCUT2D eigenvalue weighted by Crippen LogP contribution is -2.01. The van der Waals surface area contributed by atoms with Crippen LogP contribution >= 0.6 is 0 Å². The Bertz CT molecular complexity index is 480. The predicted octanol–water partition coefficient (Wildman–Crippen LogP) is 2.49. The first kappa shape index (κ1) is 13.9. The van der Waals surface area contributed by atoms with Gasteiger partial charge in [0, 0.05) is 5.56 Å². The van der Waals surface area contributed by atoms with Crippen LogP contribution in [-0.4, -0.2) is 23.7 Å². The normalized spacial score (nSPS) is 10.6. The van der Waals surface area contributed by atoms with Crippen molar-refractivity contribution in [1.82, 2.24) is 0 Å². The van der Waals surface area contributed by atoms with E-state index in [4.69, 9.17) is 9.84 Å². The zero-order valence-corrected chi connectivity index (χ0v) is 9.85. The average Bonchev–Trinajstić information content (AvgIpc) is 2.31. The van der Waals surface area contributed by atoms with Gasteiger partial charge < -0.3 is 9.84 Å². The Kier molecular flexibility index (Phi) is 5.05. The Hall–Kier alpha value is -2.17. The van der Waals surface area contributed by atoms with Crippen molar-refractivity contribution in [2.75, 3.05) is 6.61 Å². The highest BCUT2D eigenvalue weighted by atomic mass is 19.1. The topological polar surface area (TPSA) is 63.6 Å². The smallest absolute Gasteiger partial charge is 0.335 e. The number of carbonyl (C=O) groups excluding carboxylic acids is 1. The minimum Gasteiger partial charge on any atom is -0.478 e. The van der Waals surface area contributed by atoms with Gasteiger partial charge in [-0.05, 0) is 19.1 Å². The van der Waals surface area contributed by atoms with Crippen molar-refractivity contribution < 1.29 is 23.8 Å². The first-order valence-electron chi connectivity index (χ1n) is 5.39. The van der Waals surface area contributed by atoms with Gasteiger partial charge in [-0.15, -0.1) is 0 Å². The Morgan fingerprint density at radius 2 is 2.17 bits per heavy atom. The molecule has 0 saturated carbocycles. The molecule has 5 heteroatoms. The molecular formula is C13H13FO4. The standard InChI is InChI=1S/C13H13FO4/c1-2-18-12(15)5-3-4-9-6-7-10(13(16)17)8-11(9)14/h3-4,6-8H,2,5H2,1H3,(H,16,17). The highest BCUT2D eigenvalue weighted by Crippen LogP contribution is 2.12. The molecule has 1 rings (SSSR count). The zero-order valence-electron chi connectivity index (χ0n) is 9.85. The van der Waals surface area contributed by atoms with Gasteiger partial charge in [0.15, 0.2) is 0 Å². The van der Waals surface area contributed by atoms with Crippen molar-refractivity contribution in [3.8, 4) is 0 Å². The maximum atomic E-state index is 13.5. The van der Waals surface area contributed by atoms with E-state index in [1.54, 1.807) is 6.92 Å². The van der Waals surface area contributed by atoms with Crippen molar-refractivity contribution in [2.24, 2.45) is 0 Å². The van der Waals surface area contributed by atoms with Crippen LogP contribution in [0.1, 0.15) is 29.3 Å². The number of esters is 1. The van der Waals surface area contributed by atoms with Crippen molar-refractivity contribution >= 4 is 18.0 Å². The third-order valence-corrected chi connectivity index (χ3v) is 2.13. The van der Waals surface area contributed by atoms with E-state index in [2.05, 4.69) is 0 Å². The van der Waals surface area contributed by atoms with Gasteiger partial charge in [-0.25, -0.2) is 9.18 Å². The number of carboxylic acids is 1. The summed E-state index contributed by atoms with van der Waals surface area (Å²) in [5.74, 6) is -2.22. The molecule has 0 aromatic heterocycles.